The van der Waals surface area contributed by atoms with Gasteiger partial charge in [-0.05, 0) is 19.8 Å². The van der Waals surface area contributed by atoms with E-state index in [0.29, 0.717) is 42.4 Å². The molecule has 1 fully saturated rings. The highest BCUT2D eigenvalue weighted by Gasteiger charge is 2.40. The van der Waals surface area contributed by atoms with Gasteiger partial charge >= 0.3 is 0 Å². The number of aliphatic hydroxyl groups is 1. The molecule has 2 atom stereocenters. The molecule has 1 saturated carbocycles. The lowest BCUT2D eigenvalue weighted by Crippen LogP contribution is -2.45. The van der Waals surface area contributed by atoms with Gasteiger partial charge in [0.15, 0.2) is 11.6 Å². The van der Waals surface area contributed by atoms with Crippen LogP contribution in [-0.2, 0) is 6.54 Å². The molecule has 1 aliphatic carbocycles. The fraction of sp³-hybridized carbons (Fsp3) is 0.529. The maximum absolute atomic E-state index is 13.1. The average Bonchev–Trinajstić information content (AvgIpc) is 3.20. The number of fused-ring (bicyclic) bond motifs is 1. The predicted octanol–water partition coefficient (Wildman–Crippen LogP) is 0.902. The van der Waals surface area contributed by atoms with Crippen molar-refractivity contribution in [2.24, 2.45) is 0 Å². The zero-order chi connectivity index (χ0) is 18.3. The lowest BCUT2D eigenvalue weighted by atomic mass is 9.91. The molecule has 0 spiro atoms. The Bertz CT molecular complexity index is 836. The minimum absolute atomic E-state index is 0.0889. The molecule has 1 aliphatic heterocycles. The van der Waals surface area contributed by atoms with Gasteiger partial charge in [0.05, 0.1) is 43.4 Å². The standard InChI is InChI=1S/C17H22N6O3/c1-2-26-10-7-19-23(8-10)15-14-11(20-17(18)21-15)9-22(16(14)25)12-5-3-4-6-13(12)24/h7-8,12-13,24H,2-6,9H2,1H3,(H2,18,20,21)/t12?,13-/m0/s1. The van der Waals surface area contributed by atoms with E-state index in [2.05, 4.69) is 15.1 Å². The largest absolute Gasteiger partial charge is 0.491 e. The Morgan fingerprint density at radius 3 is 2.92 bits per heavy atom. The zero-order valence-electron chi connectivity index (χ0n) is 14.6. The highest BCUT2D eigenvalue weighted by molar-refractivity contribution is 6.01. The van der Waals surface area contributed by atoms with Crippen LogP contribution in [0.1, 0.15) is 48.7 Å². The number of rotatable bonds is 4. The summed E-state index contributed by atoms with van der Waals surface area (Å²) in [5.74, 6) is 0.833. The van der Waals surface area contributed by atoms with E-state index < -0.39 is 6.10 Å². The highest BCUT2D eigenvalue weighted by Crippen LogP contribution is 2.33. The minimum atomic E-state index is -0.509. The number of nitrogen functional groups attached to an aromatic ring is 1. The summed E-state index contributed by atoms with van der Waals surface area (Å²) in [6, 6.07) is -0.198. The van der Waals surface area contributed by atoms with Gasteiger partial charge in [0.25, 0.3) is 5.91 Å². The fourth-order valence-corrected chi connectivity index (χ4v) is 3.78. The van der Waals surface area contributed by atoms with Crippen LogP contribution in [-0.4, -0.2) is 54.4 Å². The summed E-state index contributed by atoms with van der Waals surface area (Å²) in [5.41, 5.74) is 6.82. The van der Waals surface area contributed by atoms with Crippen molar-refractivity contribution >= 4 is 11.9 Å². The maximum Gasteiger partial charge on any atom is 0.260 e. The second-order valence-corrected chi connectivity index (χ2v) is 6.63. The van der Waals surface area contributed by atoms with Gasteiger partial charge in [-0.25, -0.2) is 9.67 Å². The van der Waals surface area contributed by atoms with Gasteiger partial charge in [-0.3, -0.25) is 4.79 Å². The summed E-state index contributed by atoms with van der Waals surface area (Å²) in [6.45, 7) is 2.73. The van der Waals surface area contributed by atoms with Crippen LogP contribution in [0.2, 0.25) is 0 Å². The normalized spacial score (nSPS) is 22.5. The number of carbonyl (C=O) groups excluding carboxylic acids is 1. The van der Waals surface area contributed by atoms with Crippen LogP contribution in [0.4, 0.5) is 5.95 Å². The molecule has 4 rings (SSSR count). The summed E-state index contributed by atoms with van der Waals surface area (Å²) in [4.78, 5) is 23.3. The Morgan fingerprint density at radius 2 is 2.15 bits per heavy atom. The van der Waals surface area contributed by atoms with E-state index in [0.717, 1.165) is 19.3 Å². The van der Waals surface area contributed by atoms with E-state index >= 15 is 0 Å². The number of carbonyl (C=O) groups is 1. The molecular formula is C17H22N6O3. The number of hydrogen-bond acceptors (Lipinski definition) is 7. The molecule has 26 heavy (non-hydrogen) atoms. The Hall–Kier alpha value is -2.68. The van der Waals surface area contributed by atoms with Crippen LogP contribution < -0.4 is 10.5 Å². The number of aliphatic hydroxyl groups excluding tert-OH is 1. The molecule has 2 aromatic heterocycles. The molecule has 1 unspecified atom stereocenters. The average molecular weight is 358 g/mol. The van der Waals surface area contributed by atoms with Crippen molar-refractivity contribution in [1.82, 2.24) is 24.6 Å². The first kappa shape index (κ1) is 16.8. The quantitative estimate of drug-likeness (QED) is 0.833. The Morgan fingerprint density at radius 1 is 1.35 bits per heavy atom. The van der Waals surface area contributed by atoms with Gasteiger partial charge in [0.1, 0.15) is 5.56 Å². The molecular weight excluding hydrogens is 336 g/mol. The smallest absolute Gasteiger partial charge is 0.260 e. The van der Waals surface area contributed by atoms with E-state index in [-0.39, 0.29) is 17.9 Å². The first-order chi connectivity index (χ1) is 12.6. The first-order valence-electron chi connectivity index (χ1n) is 8.91. The van der Waals surface area contributed by atoms with Crippen molar-refractivity contribution < 1.29 is 14.6 Å². The van der Waals surface area contributed by atoms with Crippen LogP contribution in [0.15, 0.2) is 12.4 Å². The molecule has 9 nitrogen and oxygen atoms in total. The van der Waals surface area contributed by atoms with Crippen molar-refractivity contribution in [3.8, 4) is 11.6 Å². The third-order valence-electron chi connectivity index (χ3n) is 4.96. The number of nitrogens with zero attached hydrogens (tertiary/aromatic N) is 5. The highest BCUT2D eigenvalue weighted by atomic mass is 16.5. The minimum Gasteiger partial charge on any atom is -0.491 e. The molecule has 9 heteroatoms. The number of ether oxygens (including phenoxy) is 1. The molecule has 1 amide bonds. The molecule has 0 bridgehead atoms. The molecule has 3 heterocycles. The van der Waals surface area contributed by atoms with Crippen molar-refractivity contribution in [1.29, 1.82) is 0 Å². The topological polar surface area (TPSA) is 119 Å². The first-order valence-corrected chi connectivity index (χ1v) is 8.91. The molecule has 2 aromatic rings. The van der Waals surface area contributed by atoms with Gasteiger partial charge in [0, 0.05) is 0 Å². The van der Waals surface area contributed by atoms with Crippen molar-refractivity contribution in [3.05, 3.63) is 23.7 Å². The van der Waals surface area contributed by atoms with E-state index in [1.165, 1.54) is 4.68 Å². The number of aromatic nitrogens is 4. The second kappa shape index (κ2) is 6.56. The molecule has 138 valence electrons. The lowest BCUT2D eigenvalue weighted by molar-refractivity contribution is 0.0189. The monoisotopic (exact) mass is 358 g/mol. The maximum atomic E-state index is 13.1. The van der Waals surface area contributed by atoms with Crippen LogP contribution in [0.3, 0.4) is 0 Å². The summed E-state index contributed by atoms with van der Waals surface area (Å²) in [6.07, 6.45) is 6.20. The van der Waals surface area contributed by atoms with Gasteiger partial charge in [-0.1, -0.05) is 12.8 Å². The summed E-state index contributed by atoms with van der Waals surface area (Å²) < 4.78 is 6.92. The van der Waals surface area contributed by atoms with E-state index in [9.17, 15) is 9.90 Å². The SMILES string of the molecule is CCOc1cnn(-c2nc(N)nc3c2C(=O)N(C2CCCC[C@@H]2O)C3)c1. The number of anilines is 1. The lowest BCUT2D eigenvalue weighted by Gasteiger charge is -2.34. The van der Waals surface area contributed by atoms with Gasteiger partial charge in [-0.2, -0.15) is 10.1 Å². The van der Waals surface area contributed by atoms with Gasteiger partial charge in [-0.15, -0.1) is 0 Å². The second-order valence-electron chi connectivity index (χ2n) is 6.63. The van der Waals surface area contributed by atoms with Crippen molar-refractivity contribution in [2.75, 3.05) is 12.3 Å². The van der Waals surface area contributed by atoms with Crippen LogP contribution in [0.25, 0.3) is 5.82 Å². The third-order valence-corrected chi connectivity index (χ3v) is 4.96. The Labute approximate surface area is 150 Å². The molecule has 2 aliphatic rings. The third kappa shape index (κ3) is 2.78. The number of amides is 1. The molecule has 0 saturated heterocycles. The Kier molecular flexibility index (Phi) is 4.23. The van der Waals surface area contributed by atoms with Crippen molar-refractivity contribution in [3.63, 3.8) is 0 Å². The summed E-state index contributed by atoms with van der Waals surface area (Å²) >= 11 is 0. The summed E-state index contributed by atoms with van der Waals surface area (Å²) in [5, 5.41) is 14.6. The zero-order valence-corrected chi connectivity index (χ0v) is 14.6. The molecule has 0 aromatic carbocycles. The number of nitrogens with two attached hydrogens (primary N) is 1. The van der Waals surface area contributed by atoms with Gasteiger partial charge in [0.2, 0.25) is 5.95 Å². The predicted molar refractivity (Wildman–Crippen MR) is 92.9 cm³/mol. The van der Waals surface area contributed by atoms with Crippen LogP contribution in [0.5, 0.6) is 5.75 Å². The van der Waals surface area contributed by atoms with E-state index in [1.807, 2.05) is 6.92 Å². The van der Waals surface area contributed by atoms with Gasteiger partial charge < -0.3 is 20.5 Å². The summed E-state index contributed by atoms with van der Waals surface area (Å²) in [7, 11) is 0. The molecule has 0 radical (unpaired) electrons. The fourth-order valence-electron chi connectivity index (χ4n) is 3.78. The molecule has 3 N–H and O–H groups in total. The van der Waals surface area contributed by atoms with Crippen LogP contribution in [0, 0.1) is 0 Å². The van der Waals surface area contributed by atoms with Crippen molar-refractivity contribution in [2.45, 2.75) is 51.3 Å². The van der Waals surface area contributed by atoms with E-state index in [1.54, 1.807) is 17.3 Å². The Balaban J connectivity index is 1.71. The number of hydrogen-bond donors (Lipinski definition) is 2. The van der Waals surface area contributed by atoms with Crippen LogP contribution >= 0.6 is 0 Å². The van der Waals surface area contributed by atoms with E-state index in [4.69, 9.17) is 10.5 Å².